The van der Waals surface area contributed by atoms with E-state index in [1.807, 2.05) is 30.3 Å². The quantitative estimate of drug-likeness (QED) is 0.101. The number of likely N-dealkylation sites (tertiary alicyclic amines) is 1. The molecule has 1 saturated heterocycles. The molecule has 13 nitrogen and oxygen atoms in total. The number of carbonyl (C=O) groups excluding carboxylic acids is 3. The van der Waals surface area contributed by atoms with Crippen molar-refractivity contribution in [3.63, 3.8) is 0 Å². The van der Waals surface area contributed by atoms with Gasteiger partial charge >= 0.3 is 11.9 Å². The number of ether oxygens (including phenoxy) is 3. The maximum atomic E-state index is 13.7. The molecule has 1 heterocycles. The Kier molecular flexibility index (Phi) is 15.6. The molecule has 1 aliphatic heterocycles. The van der Waals surface area contributed by atoms with Gasteiger partial charge in [0.2, 0.25) is 5.91 Å². The number of benzene rings is 1. The summed E-state index contributed by atoms with van der Waals surface area (Å²) in [6, 6.07) is 7.63. The zero-order valence-corrected chi connectivity index (χ0v) is 23.2. The van der Waals surface area contributed by atoms with E-state index in [1.54, 1.807) is 6.92 Å². The predicted octanol–water partition coefficient (Wildman–Crippen LogP) is 1.40. The molecular formula is C27H42N4O9. The van der Waals surface area contributed by atoms with Crippen molar-refractivity contribution in [3.05, 3.63) is 46.0 Å². The average molecular weight is 567 g/mol. The second-order valence-corrected chi connectivity index (χ2v) is 9.36. The summed E-state index contributed by atoms with van der Waals surface area (Å²) in [4.78, 5) is 55.2. The fourth-order valence-electron chi connectivity index (χ4n) is 4.53. The highest BCUT2D eigenvalue weighted by atomic mass is 17.0. The van der Waals surface area contributed by atoms with Gasteiger partial charge in [-0.1, -0.05) is 36.8 Å². The normalized spacial score (nSPS) is 16.2. The van der Waals surface area contributed by atoms with Gasteiger partial charge in [-0.2, -0.15) is 0 Å². The van der Waals surface area contributed by atoms with E-state index in [-0.39, 0.29) is 38.9 Å². The molecular weight excluding hydrogens is 524 g/mol. The Morgan fingerprint density at radius 1 is 1.07 bits per heavy atom. The Hall–Kier alpha value is -3.29. The van der Waals surface area contributed by atoms with Crippen molar-refractivity contribution in [1.29, 1.82) is 0 Å². The lowest BCUT2D eigenvalue weighted by Gasteiger charge is -2.30. The summed E-state index contributed by atoms with van der Waals surface area (Å²) in [6.45, 7) is 2.59. The largest absolute Gasteiger partial charge is 0.465 e. The molecule has 224 valence electrons. The van der Waals surface area contributed by atoms with E-state index >= 15 is 0 Å². The number of nitrogens with two attached hydrogens (primary N) is 1. The summed E-state index contributed by atoms with van der Waals surface area (Å²) in [5.41, 5.74) is 6.75. The van der Waals surface area contributed by atoms with Crippen molar-refractivity contribution in [3.8, 4) is 0 Å². The molecule has 13 heteroatoms. The third-order valence-corrected chi connectivity index (χ3v) is 6.49. The Morgan fingerprint density at radius 3 is 2.52 bits per heavy atom. The number of unbranched alkanes of at least 4 members (excludes halogenated alkanes) is 1. The van der Waals surface area contributed by atoms with Crippen molar-refractivity contribution in [2.75, 3.05) is 46.1 Å². The van der Waals surface area contributed by atoms with Crippen molar-refractivity contribution in [2.45, 2.75) is 70.0 Å². The van der Waals surface area contributed by atoms with Crippen molar-refractivity contribution in [2.24, 2.45) is 5.73 Å². The molecule has 3 N–H and O–H groups in total. The van der Waals surface area contributed by atoms with Gasteiger partial charge in [0.05, 0.1) is 25.9 Å². The van der Waals surface area contributed by atoms with E-state index in [2.05, 4.69) is 10.2 Å². The Labute approximate surface area is 234 Å². The van der Waals surface area contributed by atoms with Crippen molar-refractivity contribution in [1.82, 2.24) is 10.2 Å². The number of aryl methyl sites for hydroxylation is 1. The molecule has 0 aliphatic carbocycles. The lowest BCUT2D eigenvalue weighted by Crippen LogP contribution is -2.54. The molecule has 1 fully saturated rings. The predicted molar refractivity (Wildman–Crippen MR) is 144 cm³/mol. The lowest BCUT2D eigenvalue weighted by molar-refractivity contribution is -0.758. The van der Waals surface area contributed by atoms with Crippen LogP contribution in [-0.2, 0) is 39.9 Å². The number of hydrogen-bond acceptors (Lipinski definition) is 11. The molecule has 3 unspecified atom stereocenters. The van der Waals surface area contributed by atoms with Crippen LogP contribution in [0.5, 0.6) is 0 Å². The maximum absolute atomic E-state index is 13.7. The molecule has 0 spiro atoms. The van der Waals surface area contributed by atoms with Gasteiger partial charge < -0.3 is 29.7 Å². The van der Waals surface area contributed by atoms with Crippen LogP contribution < -0.4 is 11.1 Å². The summed E-state index contributed by atoms with van der Waals surface area (Å²) >= 11 is 0. The number of nitrogens with one attached hydrogen (secondary N) is 1. The number of esters is 2. The molecule has 1 aromatic carbocycles. The minimum atomic E-state index is -0.911. The first-order valence-corrected chi connectivity index (χ1v) is 13.9. The third-order valence-electron chi connectivity index (χ3n) is 6.49. The SMILES string of the molecule is CCOC(=O)C(CCc1ccccc1)NC(CCCCN)C(=O)N1CCCC1C(=O)OCCOCCO[N+](=O)[O-]. The van der Waals surface area contributed by atoms with Gasteiger partial charge in [-0.15, -0.1) is 10.1 Å². The van der Waals surface area contributed by atoms with Crippen LogP contribution in [0.1, 0.15) is 51.0 Å². The smallest absolute Gasteiger partial charge is 0.328 e. The Balaban J connectivity index is 2.01. The first-order valence-electron chi connectivity index (χ1n) is 13.9. The summed E-state index contributed by atoms with van der Waals surface area (Å²) in [5, 5.41) is 12.5. The van der Waals surface area contributed by atoms with Crippen molar-refractivity contribution >= 4 is 17.8 Å². The second kappa shape index (κ2) is 18.9. The first kappa shape index (κ1) is 32.9. The molecule has 0 aromatic heterocycles. The fraction of sp³-hybridized carbons (Fsp3) is 0.667. The number of rotatable bonds is 20. The van der Waals surface area contributed by atoms with Gasteiger partial charge in [0.15, 0.2) is 0 Å². The number of amides is 1. The standard InChI is InChI=1S/C27H42N4O9/c1-2-38-26(33)23(14-13-21-9-4-3-5-10-21)29-22(11-6-7-15-28)25(32)30-16-8-12-24(30)27(34)39-19-17-37-18-20-40-31(35)36/h3-5,9-10,22-24,29H,2,6-8,11-20,28H2,1H3. The minimum Gasteiger partial charge on any atom is -0.465 e. The topological polar surface area (TPSA) is 173 Å². The first-order chi connectivity index (χ1) is 19.4. The molecule has 2 rings (SSSR count). The van der Waals surface area contributed by atoms with Crippen LogP contribution in [-0.4, -0.2) is 92.1 Å². The monoisotopic (exact) mass is 566 g/mol. The Bertz CT molecular complexity index is 919. The van der Waals surface area contributed by atoms with E-state index in [1.165, 1.54) is 4.90 Å². The molecule has 3 atom stereocenters. The van der Waals surface area contributed by atoms with Crippen LogP contribution in [0.3, 0.4) is 0 Å². The van der Waals surface area contributed by atoms with E-state index < -0.39 is 35.2 Å². The number of hydrogen-bond donors (Lipinski definition) is 2. The number of nitrogens with zero attached hydrogens (tertiary/aromatic N) is 2. The summed E-state index contributed by atoms with van der Waals surface area (Å²) in [6.07, 6.45) is 4.03. The van der Waals surface area contributed by atoms with Crippen LogP contribution in [0.25, 0.3) is 0 Å². The molecule has 0 bridgehead atoms. The van der Waals surface area contributed by atoms with Gasteiger partial charge in [-0.05, 0) is 57.6 Å². The van der Waals surface area contributed by atoms with Crippen LogP contribution in [0.15, 0.2) is 30.3 Å². The van der Waals surface area contributed by atoms with Gasteiger partial charge in [-0.3, -0.25) is 14.9 Å². The van der Waals surface area contributed by atoms with Gasteiger partial charge in [0.1, 0.15) is 25.3 Å². The molecule has 0 saturated carbocycles. The van der Waals surface area contributed by atoms with Crippen molar-refractivity contribution < 1.29 is 38.5 Å². The van der Waals surface area contributed by atoms with Gasteiger partial charge in [-0.25, -0.2) is 4.79 Å². The highest BCUT2D eigenvalue weighted by Crippen LogP contribution is 2.21. The summed E-state index contributed by atoms with van der Waals surface area (Å²) in [7, 11) is 0. The maximum Gasteiger partial charge on any atom is 0.328 e. The summed E-state index contributed by atoms with van der Waals surface area (Å²) < 4.78 is 15.8. The molecule has 1 aromatic rings. The van der Waals surface area contributed by atoms with Crippen LogP contribution >= 0.6 is 0 Å². The fourth-order valence-corrected chi connectivity index (χ4v) is 4.53. The third kappa shape index (κ3) is 11.8. The van der Waals surface area contributed by atoms with E-state index in [0.717, 1.165) is 12.0 Å². The van der Waals surface area contributed by atoms with Crippen LogP contribution in [0, 0.1) is 10.1 Å². The average Bonchev–Trinajstić information content (AvgIpc) is 3.44. The zero-order valence-electron chi connectivity index (χ0n) is 23.2. The Morgan fingerprint density at radius 2 is 1.82 bits per heavy atom. The van der Waals surface area contributed by atoms with E-state index in [4.69, 9.17) is 19.9 Å². The zero-order chi connectivity index (χ0) is 29.2. The highest BCUT2D eigenvalue weighted by Gasteiger charge is 2.39. The second-order valence-electron chi connectivity index (χ2n) is 9.36. The van der Waals surface area contributed by atoms with E-state index in [0.29, 0.717) is 51.6 Å². The highest BCUT2D eigenvalue weighted by molar-refractivity contribution is 5.89. The molecule has 1 amide bonds. The lowest BCUT2D eigenvalue weighted by atomic mass is 10.0. The number of carbonyl (C=O) groups is 3. The van der Waals surface area contributed by atoms with Crippen LogP contribution in [0.4, 0.5) is 0 Å². The van der Waals surface area contributed by atoms with Crippen LogP contribution in [0.2, 0.25) is 0 Å². The minimum absolute atomic E-state index is 0.0192. The molecule has 0 radical (unpaired) electrons. The summed E-state index contributed by atoms with van der Waals surface area (Å²) in [5.74, 6) is -1.22. The molecule has 1 aliphatic rings. The van der Waals surface area contributed by atoms with E-state index in [9.17, 15) is 24.5 Å². The molecule has 40 heavy (non-hydrogen) atoms. The van der Waals surface area contributed by atoms with Gasteiger partial charge in [0, 0.05) is 6.54 Å². The van der Waals surface area contributed by atoms with Gasteiger partial charge in [0.25, 0.3) is 5.09 Å².